The molecule has 2 fully saturated rings. The van der Waals surface area contributed by atoms with E-state index in [9.17, 15) is 19.5 Å². The number of halogens is 3. The quantitative estimate of drug-likeness (QED) is 0.230. The highest BCUT2D eigenvalue weighted by Crippen LogP contribution is 2.70. The number of alkyl halides is 3. The van der Waals surface area contributed by atoms with Gasteiger partial charge in [-0.15, -0.1) is 0 Å². The molecule has 0 saturated heterocycles. The number of nitrogens with one attached hydrogen (secondary N) is 2. The number of anilines is 2. The van der Waals surface area contributed by atoms with Crippen LogP contribution in [0.1, 0.15) is 97.9 Å². The monoisotopic (exact) mass is 696 g/mol. The number of ketones is 1. The highest BCUT2D eigenvalue weighted by atomic mass is 19.3. The number of amides is 2. The highest BCUT2D eigenvalue weighted by Gasteiger charge is 2.75. The summed E-state index contributed by atoms with van der Waals surface area (Å²) in [7, 11) is 0. The number of hydrogen-bond donors (Lipinski definition) is 3. The maximum atomic E-state index is 16.0. The van der Waals surface area contributed by atoms with E-state index in [1.165, 1.54) is 0 Å². The molecule has 3 N–H and O–H groups in total. The average molecular weight is 697 g/mol. The molecule has 9 heteroatoms. The first-order valence-corrected chi connectivity index (χ1v) is 17.8. The van der Waals surface area contributed by atoms with Crippen LogP contribution in [-0.2, 0) is 4.79 Å². The molecule has 51 heavy (non-hydrogen) atoms. The summed E-state index contributed by atoms with van der Waals surface area (Å²) in [5.74, 6) is -5.26. The van der Waals surface area contributed by atoms with E-state index in [0.717, 1.165) is 36.1 Å². The van der Waals surface area contributed by atoms with Crippen LogP contribution in [0.25, 0.3) is 0 Å². The zero-order chi connectivity index (χ0) is 36.3. The molecule has 0 radical (unpaired) electrons. The molecule has 3 aromatic rings. The minimum absolute atomic E-state index is 0.0884. The summed E-state index contributed by atoms with van der Waals surface area (Å²) >= 11 is 0. The van der Waals surface area contributed by atoms with Crippen LogP contribution in [0.15, 0.2) is 102 Å². The molecular weight excluding hydrogens is 653 g/mol. The van der Waals surface area contributed by atoms with Crippen LogP contribution in [0.5, 0.6) is 0 Å². The van der Waals surface area contributed by atoms with Crippen LogP contribution < -0.4 is 10.6 Å². The topological polar surface area (TPSA) is 95.5 Å². The minimum atomic E-state index is -3.98. The maximum Gasteiger partial charge on any atom is 0.309 e. The number of carbonyl (C=O) groups excluding carboxylic acids is 3. The fourth-order valence-electron chi connectivity index (χ4n) is 9.47. The summed E-state index contributed by atoms with van der Waals surface area (Å²) in [6, 6.07) is 22.7. The first-order chi connectivity index (χ1) is 24.1. The van der Waals surface area contributed by atoms with E-state index < -0.39 is 22.6 Å². The van der Waals surface area contributed by atoms with E-state index in [0.29, 0.717) is 54.6 Å². The predicted octanol–water partition coefficient (Wildman–Crippen LogP) is 9.21. The third-order valence-electron chi connectivity index (χ3n) is 12.2. The van der Waals surface area contributed by atoms with Crippen LogP contribution in [-0.4, -0.2) is 39.9 Å². The van der Waals surface area contributed by atoms with Gasteiger partial charge in [-0.2, -0.15) is 8.78 Å². The molecule has 2 unspecified atom stereocenters. The molecule has 2 saturated carbocycles. The molecule has 266 valence electrons. The zero-order valence-corrected chi connectivity index (χ0v) is 29.1. The Morgan fingerprint density at radius 3 is 2.00 bits per heavy atom. The largest absolute Gasteiger partial charge is 0.383 e. The number of hydrogen-bond acceptors (Lipinski definition) is 4. The zero-order valence-electron chi connectivity index (χ0n) is 29.1. The van der Waals surface area contributed by atoms with Crippen LogP contribution in [0.2, 0.25) is 0 Å². The number of rotatable bonds is 7. The van der Waals surface area contributed by atoms with Crippen molar-refractivity contribution in [3.63, 3.8) is 0 Å². The summed E-state index contributed by atoms with van der Waals surface area (Å²) in [4.78, 5) is 38.3. The summed E-state index contributed by atoms with van der Waals surface area (Å²) in [5.41, 5.74) is -0.672. The van der Waals surface area contributed by atoms with E-state index in [4.69, 9.17) is 0 Å². The maximum absolute atomic E-state index is 16.0. The Bertz CT molecular complexity index is 1930. The SMILES string of the molecule is CC(C)(F)C(F)(F)[C@]1(O)CC[C@H]2C3CCC4=CC(=O)CCC4=C3[C@@H](c3ccc(C(=O)Nc4ccc(C(=O)Nc5ccccc5)cc4)cc3)CC21C. The van der Waals surface area contributed by atoms with Crippen LogP contribution in [0, 0.1) is 17.3 Å². The van der Waals surface area contributed by atoms with E-state index in [1.54, 1.807) is 61.5 Å². The van der Waals surface area contributed by atoms with Gasteiger partial charge in [-0.05, 0) is 136 Å². The molecule has 2 amide bonds. The Balaban J connectivity index is 1.16. The summed E-state index contributed by atoms with van der Waals surface area (Å²) < 4.78 is 47.3. The van der Waals surface area contributed by atoms with Gasteiger partial charge in [-0.25, -0.2) is 4.39 Å². The van der Waals surface area contributed by atoms with Gasteiger partial charge in [0.2, 0.25) is 0 Å². The smallest absolute Gasteiger partial charge is 0.309 e. The summed E-state index contributed by atoms with van der Waals surface area (Å²) in [5, 5.41) is 17.7. The van der Waals surface area contributed by atoms with Gasteiger partial charge < -0.3 is 15.7 Å². The minimum Gasteiger partial charge on any atom is -0.383 e. The second-order valence-electron chi connectivity index (χ2n) is 15.4. The Morgan fingerprint density at radius 1 is 0.804 bits per heavy atom. The van der Waals surface area contributed by atoms with Gasteiger partial charge in [0.05, 0.1) is 0 Å². The van der Waals surface area contributed by atoms with Crippen molar-refractivity contribution in [3.8, 4) is 0 Å². The molecule has 0 spiro atoms. The highest BCUT2D eigenvalue weighted by molar-refractivity contribution is 6.06. The van der Waals surface area contributed by atoms with Crippen LogP contribution in [0.4, 0.5) is 24.5 Å². The van der Waals surface area contributed by atoms with Gasteiger partial charge in [0.15, 0.2) is 11.5 Å². The summed E-state index contributed by atoms with van der Waals surface area (Å²) in [6.07, 6.45) is 4.39. The lowest BCUT2D eigenvalue weighted by molar-refractivity contribution is -0.281. The third-order valence-corrected chi connectivity index (χ3v) is 12.2. The van der Waals surface area contributed by atoms with Gasteiger partial charge in [0.25, 0.3) is 11.8 Å². The van der Waals surface area contributed by atoms with Crippen LogP contribution in [0.3, 0.4) is 0 Å². The molecule has 0 aliphatic heterocycles. The number of para-hydroxylation sites is 1. The van der Waals surface area contributed by atoms with Crippen molar-refractivity contribution in [2.75, 3.05) is 10.6 Å². The van der Waals surface area contributed by atoms with Gasteiger partial charge >= 0.3 is 5.92 Å². The Hall–Kier alpha value is -4.50. The molecule has 4 aliphatic carbocycles. The summed E-state index contributed by atoms with van der Waals surface area (Å²) in [6.45, 7) is 3.40. The number of aliphatic hydroxyl groups is 1. The number of allylic oxidation sites excluding steroid dienone is 4. The molecule has 4 aliphatic rings. The van der Waals surface area contributed by atoms with E-state index >= 15 is 13.2 Å². The van der Waals surface area contributed by atoms with E-state index in [1.807, 2.05) is 30.3 Å². The van der Waals surface area contributed by atoms with Crippen molar-refractivity contribution < 1.29 is 32.7 Å². The first kappa shape index (κ1) is 34.9. The van der Waals surface area contributed by atoms with Gasteiger partial charge in [-0.1, -0.05) is 42.8 Å². The lowest BCUT2D eigenvalue weighted by Crippen LogP contribution is -2.65. The Kier molecular flexibility index (Phi) is 8.64. The number of benzene rings is 3. The fourth-order valence-corrected chi connectivity index (χ4v) is 9.47. The Labute approximate surface area is 296 Å². The van der Waals surface area contributed by atoms with E-state index in [-0.39, 0.29) is 48.2 Å². The third kappa shape index (κ3) is 5.83. The predicted molar refractivity (Wildman–Crippen MR) is 191 cm³/mol. The van der Waals surface area contributed by atoms with Crippen molar-refractivity contribution in [3.05, 3.63) is 118 Å². The number of fused-ring (bicyclic) bond motifs is 4. The van der Waals surface area contributed by atoms with Crippen molar-refractivity contribution in [1.29, 1.82) is 0 Å². The van der Waals surface area contributed by atoms with Crippen molar-refractivity contribution in [1.82, 2.24) is 0 Å². The molecule has 3 aromatic carbocycles. The van der Waals surface area contributed by atoms with E-state index in [2.05, 4.69) is 10.6 Å². The van der Waals surface area contributed by atoms with Gasteiger partial charge in [-0.3, -0.25) is 14.4 Å². The van der Waals surface area contributed by atoms with Crippen molar-refractivity contribution >= 4 is 29.0 Å². The second kappa shape index (κ2) is 12.6. The molecule has 0 aromatic heterocycles. The molecule has 7 rings (SSSR count). The van der Waals surface area contributed by atoms with Gasteiger partial charge in [0, 0.05) is 40.3 Å². The van der Waals surface area contributed by atoms with Gasteiger partial charge in [0.1, 0.15) is 5.60 Å². The van der Waals surface area contributed by atoms with Crippen molar-refractivity contribution in [2.24, 2.45) is 17.3 Å². The average Bonchev–Trinajstić information content (AvgIpc) is 3.39. The normalized spacial score (nSPS) is 27.5. The number of carbonyl (C=O) groups is 3. The van der Waals surface area contributed by atoms with Crippen molar-refractivity contribution in [2.45, 2.75) is 88.8 Å². The van der Waals surface area contributed by atoms with Crippen LogP contribution >= 0.6 is 0 Å². The fraction of sp³-hybridized carbons (Fsp3) is 0.405. The molecule has 5 atom stereocenters. The molecular formula is C42H43F3N2O4. The standard InChI is InChI=1S/C42H43F3N2O4/c1-39(2,43)42(44,45)41(51)22-21-35-33-19-15-28-23-31(48)18-20-32(28)36(33)34(24-40(35,41)3)25-9-11-26(12-10-25)37(49)47-30-16-13-27(14-17-30)38(50)46-29-7-5-4-6-8-29/h4-14,16-17,23,33-35,51H,15,18-22,24H2,1-3H3,(H,46,50)(H,47,49)/t33?,34-,35+,40?,41+/m1/s1. The second-order valence-corrected chi connectivity index (χ2v) is 15.4. The lowest BCUT2D eigenvalue weighted by atomic mass is 9.50. The first-order valence-electron chi connectivity index (χ1n) is 17.8. The molecule has 6 nitrogen and oxygen atoms in total. The molecule has 0 bridgehead atoms. The lowest BCUT2D eigenvalue weighted by Gasteiger charge is -2.57. The Morgan fingerprint density at radius 2 is 1.39 bits per heavy atom. The molecule has 0 heterocycles.